The number of rotatable bonds is 6. The molecule has 0 unspecified atom stereocenters. The van der Waals surface area contributed by atoms with Crippen molar-refractivity contribution >= 4 is 34.1 Å². The monoisotopic (exact) mass is 399 g/mol. The molecule has 2 aromatic rings. The Morgan fingerprint density at radius 1 is 1.14 bits per heavy atom. The normalized spacial score (nSPS) is 19.2. The summed E-state index contributed by atoms with van der Waals surface area (Å²) >= 11 is 1.32. The third kappa shape index (κ3) is 4.25. The minimum Gasteiger partial charge on any atom is -0.550 e. The van der Waals surface area contributed by atoms with Gasteiger partial charge in [-0.15, -0.1) is 11.3 Å². The SMILES string of the molecule is Cc1c(Cc2ccccc2)sc(NC(=O)[C@@H]2CCCC[C@H]2C(=O)[O-])c1C(N)=O. The Hall–Kier alpha value is -2.67. The minimum atomic E-state index is -1.19. The Labute approximate surface area is 167 Å². The number of carbonyl (C=O) groups excluding carboxylic acids is 3. The van der Waals surface area contributed by atoms with Crippen molar-refractivity contribution in [1.29, 1.82) is 0 Å². The number of benzene rings is 1. The lowest BCUT2D eigenvalue weighted by atomic mass is 9.79. The first kappa shape index (κ1) is 20.1. The molecular formula is C21H23N2O4S-. The van der Waals surface area contributed by atoms with Crippen molar-refractivity contribution in [2.75, 3.05) is 5.32 Å². The molecule has 1 heterocycles. The highest BCUT2D eigenvalue weighted by atomic mass is 32.1. The fourth-order valence-electron chi connectivity index (χ4n) is 3.83. The number of primary amides is 1. The van der Waals surface area contributed by atoms with Crippen molar-refractivity contribution in [2.24, 2.45) is 17.6 Å². The quantitative estimate of drug-likeness (QED) is 0.775. The van der Waals surface area contributed by atoms with E-state index in [1.807, 2.05) is 37.3 Å². The first-order valence-electron chi connectivity index (χ1n) is 9.36. The zero-order valence-electron chi connectivity index (χ0n) is 15.7. The molecule has 0 radical (unpaired) electrons. The number of nitrogens with two attached hydrogens (primary N) is 1. The molecule has 0 spiro atoms. The van der Waals surface area contributed by atoms with Gasteiger partial charge in [-0.25, -0.2) is 0 Å². The lowest BCUT2D eigenvalue weighted by Gasteiger charge is -2.31. The van der Waals surface area contributed by atoms with Gasteiger partial charge < -0.3 is 21.0 Å². The molecule has 1 aliphatic carbocycles. The van der Waals surface area contributed by atoms with E-state index in [1.54, 1.807) is 0 Å². The first-order chi connectivity index (χ1) is 13.4. The highest BCUT2D eigenvalue weighted by molar-refractivity contribution is 7.17. The van der Waals surface area contributed by atoms with Gasteiger partial charge in [0.05, 0.1) is 5.56 Å². The zero-order chi connectivity index (χ0) is 20.3. The van der Waals surface area contributed by atoms with Crippen molar-refractivity contribution in [3.63, 3.8) is 0 Å². The van der Waals surface area contributed by atoms with Crippen LogP contribution < -0.4 is 16.2 Å². The second kappa shape index (κ2) is 8.56. The van der Waals surface area contributed by atoms with Crippen LogP contribution in [-0.2, 0) is 16.0 Å². The standard InChI is InChI=1S/C21H24N2O4S/c1-12-16(11-13-7-3-2-4-8-13)28-20(17(12)18(22)24)23-19(25)14-9-5-6-10-15(14)21(26)27/h2-4,7-8,14-15H,5-6,9-11H2,1H3,(H2,22,24)(H,23,25)(H,26,27)/p-1/t14-,15-/m1/s1. The van der Waals surface area contributed by atoms with E-state index in [0.717, 1.165) is 28.8 Å². The van der Waals surface area contributed by atoms with Crippen LogP contribution in [0.2, 0.25) is 0 Å². The van der Waals surface area contributed by atoms with Gasteiger partial charge in [-0.1, -0.05) is 43.2 Å². The van der Waals surface area contributed by atoms with Crippen molar-refractivity contribution in [2.45, 2.75) is 39.0 Å². The first-order valence-corrected chi connectivity index (χ1v) is 10.2. The molecule has 28 heavy (non-hydrogen) atoms. The van der Waals surface area contributed by atoms with E-state index in [4.69, 9.17) is 5.73 Å². The lowest BCUT2D eigenvalue weighted by Crippen LogP contribution is -2.42. The second-order valence-corrected chi connectivity index (χ2v) is 8.29. The molecule has 2 atom stereocenters. The Balaban J connectivity index is 1.86. The van der Waals surface area contributed by atoms with Crippen LogP contribution >= 0.6 is 11.3 Å². The average molecular weight is 399 g/mol. The molecule has 1 aliphatic rings. The summed E-state index contributed by atoms with van der Waals surface area (Å²) in [6.07, 6.45) is 3.13. The Morgan fingerprint density at radius 2 is 1.79 bits per heavy atom. The molecule has 1 aromatic heterocycles. The molecule has 1 fully saturated rings. The fourth-order valence-corrected chi connectivity index (χ4v) is 5.07. The summed E-state index contributed by atoms with van der Waals surface area (Å²) in [5, 5.41) is 14.6. The molecule has 6 nitrogen and oxygen atoms in total. The smallest absolute Gasteiger partial charge is 0.251 e. The summed E-state index contributed by atoms with van der Waals surface area (Å²) in [6, 6.07) is 9.81. The minimum absolute atomic E-state index is 0.296. The number of nitrogens with one attached hydrogen (secondary N) is 1. The van der Waals surface area contributed by atoms with Gasteiger partial charge in [-0.3, -0.25) is 9.59 Å². The fraction of sp³-hybridized carbons (Fsp3) is 0.381. The molecule has 1 aromatic carbocycles. The van der Waals surface area contributed by atoms with Gasteiger partial charge in [0.25, 0.3) is 5.91 Å². The topological polar surface area (TPSA) is 112 Å². The van der Waals surface area contributed by atoms with Crippen LogP contribution in [0.15, 0.2) is 30.3 Å². The zero-order valence-corrected chi connectivity index (χ0v) is 16.5. The number of carboxylic acids is 1. The number of anilines is 1. The third-order valence-electron chi connectivity index (χ3n) is 5.34. The maximum atomic E-state index is 12.8. The molecule has 7 heteroatoms. The molecule has 0 aliphatic heterocycles. The van der Waals surface area contributed by atoms with Gasteiger partial charge in [0, 0.05) is 29.1 Å². The number of amides is 2. The predicted molar refractivity (Wildman–Crippen MR) is 106 cm³/mol. The summed E-state index contributed by atoms with van der Waals surface area (Å²) in [6.45, 7) is 1.81. The summed E-state index contributed by atoms with van der Waals surface area (Å²) in [5.74, 6) is -3.63. The van der Waals surface area contributed by atoms with Gasteiger partial charge >= 0.3 is 0 Å². The molecule has 3 rings (SSSR count). The largest absolute Gasteiger partial charge is 0.550 e. The van der Waals surface area contributed by atoms with Crippen molar-refractivity contribution in [3.05, 3.63) is 51.9 Å². The summed E-state index contributed by atoms with van der Waals surface area (Å²) < 4.78 is 0. The number of hydrogen-bond donors (Lipinski definition) is 2. The van der Waals surface area contributed by atoms with Crippen LogP contribution in [0.25, 0.3) is 0 Å². The van der Waals surface area contributed by atoms with Gasteiger partial charge in [0.1, 0.15) is 5.00 Å². The van der Waals surface area contributed by atoms with E-state index in [1.165, 1.54) is 11.3 Å². The maximum absolute atomic E-state index is 12.8. The second-order valence-electron chi connectivity index (χ2n) is 7.19. The van der Waals surface area contributed by atoms with Gasteiger partial charge in [-0.2, -0.15) is 0 Å². The molecule has 2 amide bonds. The average Bonchev–Trinajstić information content (AvgIpc) is 2.97. The molecule has 148 valence electrons. The highest BCUT2D eigenvalue weighted by Gasteiger charge is 2.33. The summed E-state index contributed by atoms with van der Waals surface area (Å²) in [4.78, 5) is 37.1. The highest BCUT2D eigenvalue weighted by Crippen LogP contribution is 2.36. The Kier molecular flexibility index (Phi) is 6.14. The van der Waals surface area contributed by atoms with E-state index in [0.29, 0.717) is 29.8 Å². The molecule has 0 saturated heterocycles. The van der Waals surface area contributed by atoms with Crippen LogP contribution in [0.4, 0.5) is 5.00 Å². The van der Waals surface area contributed by atoms with Gasteiger partial charge in [0.2, 0.25) is 5.91 Å². The number of hydrogen-bond acceptors (Lipinski definition) is 5. The molecule has 3 N–H and O–H groups in total. The van der Waals surface area contributed by atoms with E-state index >= 15 is 0 Å². The van der Waals surface area contributed by atoms with E-state index in [-0.39, 0.29) is 5.91 Å². The Bertz CT molecular complexity index is 891. The van der Waals surface area contributed by atoms with Crippen molar-refractivity contribution in [1.82, 2.24) is 0 Å². The molecular weight excluding hydrogens is 376 g/mol. The predicted octanol–water partition coefficient (Wildman–Crippen LogP) is 2.24. The van der Waals surface area contributed by atoms with Crippen LogP contribution in [-0.4, -0.2) is 17.8 Å². The summed E-state index contributed by atoms with van der Waals surface area (Å²) in [7, 11) is 0. The van der Waals surface area contributed by atoms with Crippen LogP contribution in [0.5, 0.6) is 0 Å². The van der Waals surface area contributed by atoms with Crippen LogP contribution in [0.3, 0.4) is 0 Å². The van der Waals surface area contributed by atoms with Gasteiger partial charge in [0.15, 0.2) is 0 Å². The van der Waals surface area contributed by atoms with Crippen molar-refractivity contribution in [3.8, 4) is 0 Å². The Morgan fingerprint density at radius 3 is 2.39 bits per heavy atom. The van der Waals surface area contributed by atoms with Crippen LogP contribution in [0.1, 0.15) is 52.0 Å². The number of aliphatic carboxylic acids is 1. The lowest BCUT2D eigenvalue weighted by molar-refractivity contribution is -0.313. The molecule has 1 saturated carbocycles. The van der Waals surface area contributed by atoms with Crippen LogP contribution in [0, 0.1) is 18.8 Å². The third-order valence-corrected chi connectivity index (χ3v) is 6.55. The van der Waals surface area contributed by atoms with Gasteiger partial charge in [-0.05, 0) is 30.9 Å². The van der Waals surface area contributed by atoms with E-state index in [9.17, 15) is 19.5 Å². The number of carboxylic acid groups (broad SMARTS) is 1. The van der Waals surface area contributed by atoms with E-state index in [2.05, 4.69) is 5.32 Å². The summed E-state index contributed by atoms with van der Waals surface area (Å²) in [5.41, 5.74) is 7.70. The van der Waals surface area contributed by atoms with Crippen molar-refractivity contribution < 1.29 is 19.5 Å². The maximum Gasteiger partial charge on any atom is 0.251 e. The number of thiophene rings is 1. The van der Waals surface area contributed by atoms with E-state index < -0.39 is 23.7 Å². The number of carbonyl (C=O) groups is 3. The molecule has 0 bridgehead atoms.